The Kier molecular flexibility index (Phi) is 5.03. The first-order valence-corrected chi connectivity index (χ1v) is 6.07. The van der Waals surface area contributed by atoms with Crippen molar-refractivity contribution in [1.82, 2.24) is 0 Å². The lowest BCUT2D eigenvalue weighted by atomic mass is 9.85. The highest BCUT2D eigenvalue weighted by molar-refractivity contribution is 4.95. The number of rotatable bonds is 6. The Bertz CT molecular complexity index is 184. The Hall–Kier alpha value is -0.120. The standard InChI is InChI=1S/C12H25NO2/c1-5-14-12-10(13)7-11(12)15-9(4)6-8(2)3/h8-12H,5-7,13H2,1-4H3. The molecule has 1 aliphatic carbocycles. The summed E-state index contributed by atoms with van der Waals surface area (Å²) in [6.45, 7) is 9.28. The number of hydrogen-bond donors (Lipinski definition) is 1. The second kappa shape index (κ2) is 5.83. The van der Waals surface area contributed by atoms with Gasteiger partial charge in [-0.1, -0.05) is 13.8 Å². The highest BCUT2D eigenvalue weighted by Crippen LogP contribution is 2.27. The molecular formula is C12H25NO2. The highest BCUT2D eigenvalue weighted by Gasteiger charge is 2.41. The van der Waals surface area contributed by atoms with Crippen LogP contribution in [0, 0.1) is 5.92 Å². The Labute approximate surface area is 93.3 Å². The zero-order valence-corrected chi connectivity index (χ0v) is 10.4. The number of nitrogens with two attached hydrogens (primary N) is 1. The zero-order valence-electron chi connectivity index (χ0n) is 10.4. The topological polar surface area (TPSA) is 44.5 Å². The summed E-state index contributed by atoms with van der Waals surface area (Å²) in [7, 11) is 0. The molecule has 0 bridgehead atoms. The summed E-state index contributed by atoms with van der Waals surface area (Å²) in [5, 5.41) is 0. The van der Waals surface area contributed by atoms with E-state index < -0.39 is 0 Å². The van der Waals surface area contributed by atoms with Gasteiger partial charge in [0.2, 0.25) is 0 Å². The molecule has 0 heterocycles. The number of hydrogen-bond acceptors (Lipinski definition) is 3. The summed E-state index contributed by atoms with van der Waals surface area (Å²) < 4.78 is 11.5. The minimum atomic E-state index is 0.115. The van der Waals surface area contributed by atoms with E-state index in [1.54, 1.807) is 0 Å². The van der Waals surface area contributed by atoms with Crippen molar-refractivity contribution in [3.05, 3.63) is 0 Å². The fourth-order valence-corrected chi connectivity index (χ4v) is 2.19. The molecule has 3 nitrogen and oxygen atoms in total. The predicted molar refractivity (Wildman–Crippen MR) is 61.8 cm³/mol. The largest absolute Gasteiger partial charge is 0.374 e. The van der Waals surface area contributed by atoms with Crippen LogP contribution in [0.25, 0.3) is 0 Å². The lowest BCUT2D eigenvalue weighted by Gasteiger charge is -2.43. The third kappa shape index (κ3) is 3.74. The van der Waals surface area contributed by atoms with Gasteiger partial charge in [0.05, 0.1) is 18.3 Å². The van der Waals surface area contributed by atoms with E-state index in [1.165, 1.54) is 0 Å². The monoisotopic (exact) mass is 215 g/mol. The fourth-order valence-electron chi connectivity index (χ4n) is 2.19. The average Bonchev–Trinajstić information content (AvgIpc) is 2.12. The van der Waals surface area contributed by atoms with E-state index >= 15 is 0 Å². The van der Waals surface area contributed by atoms with Gasteiger partial charge >= 0.3 is 0 Å². The molecule has 1 rings (SSSR count). The maximum absolute atomic E-state index is 5.93. The SMILES string of the molecule is CCOC1C(N)CC1OC(C)CC(C)C. The molecule has 1 saturated carbocycles. The predicted octanol–water partition coefficient (Wildman–Crippen LogP) is 1.94. The Balaban J connectivity index is 2.26. The smallest absolute Gasteiger partial charge is 0.0988 e. The highest BCUT2D eigenvalue weighted by atomic mass is 16.5. The Morgan fingerprint density at radius 3 is 2.47 bits per heavy atom. The van der Waals surface area contributed by atoms with Crippen molar-refractivity contribution < 1.29 is 9.47 Å². The van der Waals surface area contributed by atoms with E-state index in [-0.39, 0.29) is 18.2 Å². The van der Waals surface area contributed by atoms with Gasteiger partial charge in [0.15, 0.2) is 0 Å². The molecule has 2 N–H and O–H groups in total. The van der Waals surface area contributed by atoms with Crippen molar-refractivity contribution >= 4 is 0 Å². The molecular weight excluding hydrogens is 190 g/mol. The van der Waals surface area contributed by atoms with Gasteiger partial charge in [-0.2, -0.15) is 0 Å². The van der Waals surface area contributed by atoms with Crippen molar-refractivity contribution in [2.75, 3.05) is 6.61 Å². The molecule has 0 spiro atoms. The van der Waals surface area contributed by atoms with E-state index in [0.717, 1.165) is 19.4 Å². The molecule has 4 unspecified atom stereocenters. The average molecular weight is 215 g/mol. The third-order valence-corrected chi connectivity index (χ3v) is 2.86. The molecule has 0 amide bonds. The van der Waals surface area contributed by atoms with Gasteiger partial charge in [0, 0.05) is 12.6 Å². The fraction of sp³-hybridized carbons (Fsp3) is 1.00. The normalized spacial score (nSPS) is 32.8. The van der Waals surface area contributed by atoms with Crippen LogP contribution in [0.15, 0.2) is 0 Å². The summed E-state index contributed by atoms with van der Waals surface area (Å²) in [5.74, 6) is 0.680. The third-order valence-electron chi connectivity index (χ3n) is 2.86. The molecule has 4 atom stereocenters. The molecule has 1 aliphatic rings. The van der Waals surface area contributed by atoms with Gasteiger partial charge in [-0.05, 0) is 32.6 Å². The second-order valence-electron chi connectivity index (χ2n) is 4.93. The van der Waals surface area contributed by atoms with Gasteiger partial charge in [-0.3, -0.25) is 0 Å². The maximum Gasteiger partial charge on any atom is 0.0988 e. The molecule has 0 saturated heterocycles. The molecule has 0 aromatic heterocycles. The van der Waals surface area contributed by atoms with Crippen LogP contribution in [-0.2, 0) is 9.47 Å². The van der Waals surface area contributed by atoms with Gasteiger partial charge in [0.1, 0.15) is 0 Å². The van der Waals surface area contributed by atoms with E-state index in [9.17, 15) is 0 Å². The Morgan fingerprint density at radius 2 is 2.00 bits per heavy atom. The summed E-state index contributed by atoms with van der Waals surface area (Å²) in [4.78, 5) is 0. The molecule has 90 valence electrons. The van der Waals surface area contributed by atoms with Crippen molar-refractivity contribution in [2.24, 2.45) is 11.7 Å². The summed E-state index contributed by atoms with van der Waals surface area (Å²) in [6.07, 6.45) is 2.68. The molecule has 15 heavy (non-hydrogen) atoms. The van der Waals surface area contributed by atoms with Gasteiger partial charge in [-0.15, -0.1) is 0 Å². The van der Waals surface area contributed by atoms with E-state index in [0.29, 0.717) is 12.0 Å². The Morgan fingerprint density at radius 1 is 1.33 bits per heavy atom. The van der Waals surface area contributed by atoms with Gasteiger partial charge < -0.3 is 15.2 Å². The second-order valence-corrected chi connectivity index (χ2v) is 4.93. The van der Waals surface area contributed by atoms with Crippen molar-refractivity contribution in [2.45, 2.75) is 64.9 Å². The molecule has 1 fully saturated rings. The van der Waals surface area contributed by atoms with Gasteiger partial charge in [-0.25, -0.2) is 0 Å². The van der Waals surface area contributed by atoms with Crippen LogP contribution in [0.2, 0.25) is 0 Å². The quantitative estimate of drug-likeness (QED) is 0.736. The zero-order chi connectivity index (χ0) is 11.4. The van der Waals surface area contributed by atoms with Crippen LogP contribution < -0.4 is 5.73 Å². The lowest BCUT2D eigenvalue weighted by Crippen LogP contribution is -2.58. The lowest BCUT2D eigenvalue weighted by molar-refractivity contribution is -0.158. The molecule has 0 aromatic carbocycles. The summed E-state index contributed by atoms with van der Waals surface area (Å²) >= 11 is 0. The van der Waals surface area contributed by atoms with Crippen LogP contribution in [-0.4, -0.2) is 31.0 Å². The van der Waals surface area contributed by atoms with E-state index in [1.807, 2.05) is 6.92 Å². The van der Waals surface area contributed by atoms with Crippen LogP contribution in [0.3, 0.4) is 0 Å². The van der Waals surface area contributed by atoms with E-state index in [4.69, 9.17) is 15.2 Å². The van der Waals surface area contributed by atoms with Crippen LogP contribution in [0.5, 0.6) is 0 Å². The molecule has 0 aliphatic heterocycles. The van der Waals surface area contributed by atoms with Crippen molar-refractivity contribution in [1.29, 1.82) is 0 Å². The first-order chi connectivity index (χ1) is 7.04. The van der Waals surface area contributed by atoms with Crippen molar-refractivity contribution in [3.8, 4) is 0 Å². The molecule has 0 aromatic rings. The summed E-state index contributed by atoms with van der Waals surface area (Å²) in [5.41, 5.74) is 5.87. The molecule has 3 heteroatoms. The van der Waals surface area contributed by atoms with Crippen LogP contribution >= 0.6 is 0 Å². The van der Waals surface area contributed by atoms with Crippen LogP contribution in [0.1, 0.15) is 40.5 Å². The number of ether oxygens (including phenoxy) is 2. The molecule has 0 radical (unpaired) electrons. The van der Waals surface area contributed by atoms with E-state index in [2.05, 4.69) is 20.8 Å². The maximum atomic E-state index is 5.93. The van der Waals surface area contributed by atoms with Gasteiger partial charge in [0.25, 0.3) is 0 Å². The summed E-state index contributed by atoms with van der Waals surface area (Å²) in [6, 6.07) is 0.168. The minimum Gasteiger partial charge on any atom is -0.374 e. The minimum absolute atomic E-state index is 0.115. The van der Waals surface area contributed by atoms with Crippen LogP contribution in [0.4, 0.5) is 0 Å². The first kappa shape index (κ1) is 12.9. The van der Waals surface area contributed by atoms with Crippen molar-refractivity contribution in [3.63, 3.8) is 0 Å². The first-order valence-electron chi connectivity index (χ1n) is 6.07.